The number of hydrogen-bond acceptors (Lipinski definition) is 5. The molecule has 0 aliphatic heterocycles. The summed E-state index contributed by atoms with van der Waals surface area (Å²) in [5.74, 6) is -0.297. The van der Waals surface area contributed by atoms with Crippen LogP contribution in [0.15, 0.2) is 87.5 Å². The average molecular weight is 423 g/mol. The molecule has 1 aliphatic carbocycles. The first-order valence-corrected chi connectivity index (χ1v) is 11.0. The number of benzene rings is 2. The number of ketones is 1. The third kappa shape index (κ3) is 3.02. The first-order valence-electron chi connectivity index (χ1n) is 9.50. The zero-order chi connectivity index (χ0) is 21.7. The molecule has 2 atom stereocenters. The van der Waals surface area contributed by atoms with Crippen LogP contribution in [-0.4, -0.2) is 30.0 Å². The second-order valence-corrected chi connectivity index (χ2v) is 9.90. The van der Waals surface area contributed by atoms with E-state index >= 15 is 0 Å². The lowest BCUT2D eigenvalue weighted by molar-refractivity contribution is 0.0133. The van der Waals surface area contributed by atoms with E-state index in [9.17, 15) is 23.1 Å². The van der Waals surface area contributed by atoms with Crippen molar-refractivity contribution in [3.63, 3.8) is 0 Å². The number of fused-ring (bicyclic) bond motifs is 1. The molecule has 0 bridgehead atoms. The first kappa shape index (κ1) is 20.3. The number of Topliss-reactive ketones (excluding diaryl/α,β-unsaturated/α-hetero) is 1. The highest BCUT2D eigenvalue weighted by atomic mass is 32.2. The monoisotopic (exact) mass is 423 g/mol. The van der Waals surface area contributed by atoms with Crippen molar-refractivity contribution >= 4 is 15.6 Å². The first-order chi connectivity index (χ1) is 14.2. The second-order valence-electron chi connectivity index (χ2n) is 7.95. The summed E-state index contributed by atoms with van der Waals surface area (Å²) < 4.78 is 27.6. The van der Waals surface area contributed by atoms with E-state index in [1.807, 2.05) is 0 Å². The lowest BCUT2D eigenvalue weighted by Crippen LogP contribution is -2.49. The van der Waals surface area contributed by atoms with E-state index < -0.39 is 27.4 Å². The predicted molar refractivity (Wildman–Crippen MR) is 111 cm³/mol. The van der Waals surface area contributed by atoms with Crippen molar-refractivity contribution in [2.24, 2.45) is 5.41 Å². The Morgan fingerprint density at radius 3 is 2.23 bits per heavy atom. The molecule has 0 fully saturated rings. The van der Waals surface area contributed by atoms with Gasteiger partial charge >= 0.3 is 0 Å². The summed E-state index contributed by atoms with van der Waals surface area (Å²) >= 11 is 0. The molecule has 2 unspecified atom stereocenters. The Kier molecular flexibility index (Phi) is 4.75. The number of rotatable bonds is 3. The molecule has 1 aliphatic rings. The van der Waals surface area contributed by atoms with Crippen LogP contribution < -0.4 is 5.56 Å². The number of aliphatic hydroxyl groups is 1. The van der Waals surface area contributed by atoms with Gasteiger partial charge in [0.1, 0.15) is 0 Å². The van der Waals surface area contributed by atoms with Gasteiger partial charge in [0, 0.05) is 17.8 Å². The van der Waals surface area contributed by atoms with Crippen LogP contribution in [0.25, 0.3) is 0 Å². The number of pyridine rings is 1. The molecule has 1 N–H and O–H groups in total. The number of nitrogens with zero attached hydrogens (tertiary/aromatic N) is 1. The maximum atomic E-state index is 13.1. The Morgan fingerprint density at radius 1 is 0.900 bits per heavy atom. The summed E-state index contributed by atoms with van der Waals surface area (Å²) in [6, 6.07) is 16.0. The van der Waals surface area contributed by atoms with Crippen LogP contribution in [0, 0.1) is 5.41 Å². The summed E-state index contributed by atoms with van der Waals surface area (Å²) in [5.41, 5.74) is -0.878. The van der Waals surface area contributed by atoms with Crippen LogP contribution in [0.1, 0.15) is 35.8 Å². The van der Waals surface area contributed by atoms with Gasteiger partial charge in [-0.3, -0.25) is 9.59 Å². The van der Waals surface area contributed by atoms with Crippen LogP contribution in [-0.2, 0) is 9.84 Å². The second kappa shape index (κ2) is 7.04. The van der Waals surface area contributed by atoms with Gasteiger partial charge < -0.3 is 9.67 Å². The number of hydrogen-bond donors (Lipinski definition) is 1. The van der Waals surface area contributed by atoms with Gasteiger partial charge in [0.25, 0.3) is 5.56 Å². The highest BCUT2D eigenvalue weighted by Crippen LogP contribution is 2.43. The van der Waals surface area contributed by atoms with Gasteiger partial charge in [-0.2, -0.15) is 0 Å². The standard InChI is InChI=1S/C23H21NO5S/c1-23(2)21(26)17-12-11-16(30(28,29)15-8-4-3-5-9-15)14-18(17)20(22(23)27)24-13-7-6-10-19(24)25/h3-14,20,22,27H,1-2H3. The smallest absolute Gasteiger partial charge is 0.251 e. The van der Waals surface area contributed by atoms with Crippen LogP contribution >= 0.6 is 0 Å². The fourth-order valence-corrected chi connectivity index (χ4v) is 5.23. The average Bonchev–Trinajstić information content (AvgIpc) is 2.74. The molecule has 0 spiro atoms. The largest absolute Gasteiger partial charge is 0.390 e. The molecule has 0 amide bonds. The van der Waals surface area contributed by atoms with Crippen LogP contribution in [0.4, 0.5) is 0 Å². The zero-order valence-corrected chi connectivity index (χ0v) is 17.3. The van der Waals surface area contributed by atoms with Crippen molar-refractivity contribution in [1.29, 1.82) is 0 Å². The molecular weight excluding hydrogens is 402 g/mol. The van der Waals surface area contributed by atoms with E-state index in [0.717, 1.165) is 0 Å². The third-order valence-electron chi connectivity index (χ3n) is 5.72. The Labute approximate surface area is 174 Å². The van der Waals surface area contributed by atoms with Crippen molar-refractivity contribution in [3.8, 4) is 0 Å². The summed E-state index contributed by atoms with van der Waals surface area (Å²) in [5, 5.41) is 11.1. The molecule has 30 heavy (non-hydrogen) atoms. The normalized spacial score (nSPS) is 20.6. The minimum atomic E-state index is -3.83. The van der Waals surface area contributed by atoms with E-state index in [0.29, 0.717) is 11.1 Å². The van der Waals surface area contributed by atoms with Gasteiger partial charge in [-0.1, -0.05) is 24.3 Å². The maximum Gasteiger partial charge on any atom is 0.251 e. The molecule has 6 nitrogen and oxygen atoms in total. The SMILES string of the molecule is CC1(C)C(=O)c2ccc(S(=O)(=O)c3ccccc3)cc2C(n2ccccc2=O)C1O. The minimum absolute atomic E-state index is 0.00105. The lowest BCUT2D eigenvalue weighted by atomic mass is 9.68. The molecule has 0 saturated carbocycles. The van der Waals surface area contributed by atoms with Crippen molar-refractivity contribution in [1.82, 2.24) is 4.57 Å². The van der Waals surface area contributed by atoms with E-state index in [1.54, 1.807) is 44.2 Å². The summed E-state index contributed by atoms with van der Waals surface area (Å²) in [7, 11) is -3.83. The van der Waals surface area contributed by atoms with Crippen molar-refractivity contribution in [2.45, 2.75) is 35.8 Å². The Hall–Kier alpha value is -3.03. The highest BCUT2D eigenvalue weighted by Gasteiger charge is 2.48. The van der Waals surface area contributed by atoms with Gasteiger partial charge in [0.2, 0.25) is 9.84 Å². The summed E-state index contributed by atoms with van der Waals surface area (Å²) in [6.45, 7) is 3.25. The Balaban J connectivity index is 1.98. The van der Waals surface area contributed by atoms with Crippen molar-refractivity contribution in [2.75, 3.05) is 0 Å². The van der Waals surface area contributed by atoms with E-state index in [4.69, 9.17) is 0 Å². The minimum Gasteiger partial charge on any atom is -0.390 e. The molecule has 2 aromatic carbocycles. The van der Waals surface area contributed by atoms with E-state index in [2.05, 4.69) is 0 Å². The molecule has 3 aromatic rings. The van der Waals surface area contributed by atoms with E-state index in [1.165, 1.54) is 47.2 Å². The predicted octanol–water partition coefficient (Wildman–Crippen LogP) is 2.85. The van der Waals surface area contributed by atoms with Gasteiger partial charge in [-0.25, -0.2) is 8.42 Å². The van der Waals surface area contributed by atoms with Gasteiger partial charge in [-0.05, 0) is 55.8 Å². The molecule has 7 heteroatoms. The topological polar surface area (TPSA) is 93.4 Å². The quantitative estimate of drug-likeness (QED) is 0.699. The van der Waals surface area contributed by atoms with Crippen molar-refractivity contribution < 1.29 is 18.3 Å². The van der Waals surface area contributed by atoms with Crippen LogP contribution in [0.5, 0.6) is 0 Å². The molecule has 1 aromatic heterocycles. The molecule has 0 radical (unpaired) electrons. The number of carbonyl (C=O) groups is 1. The summed E-state index contributed by atoms with van der Waals surface area (Å²) in [4.78, 5) is 25.7. The number of carbonyl (C=O) groups excluding carboxylic acids is 1. The van der Waals surface area contributed by atoms with Gasteiger partial charge in [0.15, 0.2) is 5.78 Å². The fourth-order valence-electron chi connectivity index (χ4n) is 3.91. The summed E-state index contributed by atoms with van der Waals surface area (Å²) in [6.07, 6.45) is 0.317. The third-order valence-corrected chi connectivity index (χ3v) is 7.49. The maximum absolute atomic E-state index is 13.1. The van der Waals surface area contributed by atoms with E-state index in [-0.39, 0.29) is 21.1 Å². The fraction of sp³-hybridized carbons (Fsp3) is 0.217. The van der Waals surface area contributed by atoms with Gasteiger partial charge in [-0.15, -0.1) is 0 Å². The molecule has 1 heterocycles. The van der Waals surface area contributed by atoms with Gasteiger partial charge in [0.05, 0.1) is 27.4 Å². The number of aromatic nitrogens is 1. The van der Waals surface area contributed by atoms with Crippen LogP contribution in [0.3, 0.4) is 0 Å². The number of sulfone groups is 1. The molecular formula is C23H21NO5S. The zero-order valence-electron chi connectivity index (χ0n) is 16.5. The Morgan fingerprint density at radius 2 is 1.57 bits per heavy atom. The highest BCUT2D eigenvalue weighted by molar-refractivity contribution is 7.91. The molecule has 0 saturated heterocycles. The molecule has 154 valence electrons. The molecule has 4 rings (SSSR count). The lowest BCUT2D eigenvalue weighted by Gasteiger charge is -2.41. The van der Waals surface area contributed by atoms with Crippen LogP contribution in [0.2, 0.25) is 0 Å². The van der Waals surface area contributed by atoms with Crippen molar-refractivity contribution in [3.05, 3.63) is 94.4 Å². The Bertz CT molecular complexity index is 1290. The number of aliphatic hydroxyl groups excluding tert-OH is 1.